The van der Waals surface area contributed by atoms with Crippen molar-refractivity contribution in [2.75, 3.05) is 18.4 Å². The molecule has 1 N–H and O–H groups in total. The Kier molecular flexibility index (Phi) is 5.88. The molecule has 20 heavy (non-hydrogen) atoms. The second-order valence-corrected chi connectivity index (χ2v) is 7.23. The van der Waals surface area contributed by atoms with E-state index in [0.717, 1.165) is 0 Å². The van der Waals surface area contributed by atoms with Crippen LogP contribution in [0.2, 0.25) is 0 Å². The van der Waals surface area contributed by atoms with Crippen LogP contribution in [0, 0.1) is 5.92 Å². The van der Waals surface area contributed by atoms with E-state index in [1.54, 1.807) is 0 Å². The average molecular weight is 300 g/mol. The molecule has 0 aliphatic carbocycles. The van der Waals surface area contributed by atoms with Crippen LogP contribution in [0.25, 0.3) is 0 Å². The van der Waals surface area contributed by atoms with Crippen LogP contribution in [-0.4, -0.2) is 41.8 Å². The van der Waals surface area contributed by atoms with Gasteiger partial charge in [-0.2, -0.15) is 4.31 Å². The van der Waals surface area contributed by atoms with Crippen LogP contribution < -0.4 is 5.32 Å². The van der Waals surface area contributed by atoms with Gasteiger partial charge in [0.15, 0.2) is 0 Å². The van der Waals surface area contributed by atoms with Crippen LogP contribution in [0.3, 0.4) is 0 Å². The first-order valence-electron chi connectivity index (χ1n) is 6.86. The predicted octanol–water partition coefficient (Wildman–Crippen LogP) is 1.96. The van der Waals surface area contributed by atoms with E-state index >= 15 is 0 Å². The lowest BCUT2D eigenvalue weighted by molar-refractivity contribution is 0.318. The third kappa shape index (κ3) is 4.14. The highest BCUT2D eigenvalue weighted by Crippen LogP contribution is 2.19. The van der Waals surface area contributed by atoms with Crippen LogP contribution in [0.4, 0.5) is 5.95 Å². The summed E-state index contributed by atoms with van der Waals surface area (Å²) < 4.78 is 26.7. The number of aromatic nitrogens is 2. The molecule has 1 rings (SSSR count). The van der Waals surface area contributed by atoms with E-state index in [2.05, 4.69) is 15.3 Å². The molecule has 0 aliphatic heterocycles. The van der Waals surface area contributed by atoms with Gasteiger partial charge in [0.2, 0.25) is 16.0 Å². The molecule has 0 amide bonds. The molecule has 0 bridgehead atoms. The van der Waals surface area contributed by atoms with Gasteiger partial charge in [0, 0.05) is 19.1 Å². The smallest absolute Gasteiger partial charge is 0.246 e. The Balaban J connectivity index is 3.06. The number of hydrogen-bond donors (Lipinski definition) is 1. The molecule has 6 nitrogen and oxygen atoms in total. The SMILES string of the molecule is CCNc1ncc(S(=O)(=O)N(CC(C)C)C(C)C)cn1. The number of nitrogens with zero attached hydrogens (tertiary/aromatic N) is 3. The van der Waals surface area contributed by atoms with E-state index in [-0.39, 0.29) is 16.9 Å². The summed E-state index contributed by atoms with van der Waals surface area (Å²) in [6.45, 7) is 10.8. The molecule has 1 aromatic rings. The number of hydrogen-bond acceptors (Lipinski definition) is 5. The minimum atomic E-state index is -3.55. The number of rotatable bonds is 7. The third-order valence-corrected chi connectivity index (χ3v) is 4.69. The summed E-state index contributed by atoms with van der Waals surface area (Å²) in [5, 5.41) is 2.94. The summed E-state index contributed by atoms with van der Waals surface area (Å²) in [5.74, 6) is 0.695. The first-order valence-corrected chi connectivity index (χ1v) is 8.30. The topological polar surface area (TPSA) is 75.2 Å². The molecule has 0 unspecified atom stereocenters. The fourth-order valence-corrected chi connectivity index (χ4v) is 3.47. The number of nitrogens with one attached hydrogen (secondary N) is 1. The predicted molar refractivity (Wildman–Crippen MR) is 80.1 cm³/mol. The Morgan fingerprint density at radius 1 is 1.20 bits per heavy atom. The van der Waals surface area contributed by atoms with E-state index in [1.165, 1.54) is 16.7 Å². The lowest BCUT2D eigenvalue weighted by Gasteiger charge is -2.27. The summed E-state index contributed by atoms with van der Waals surface area (Å²) >= 11 is 0. The molecule has 7 heteroatoms. The zero-order valence-electron chi connectivity index (χ0n) is 12.8. The minimum Gasteiger partial charge on any atom is -0.355 e. The van der Waals surface area contributed by atoms with Crippen LogP contribution in [0.1, 0.15) is 34.6 Å². The van der Waals surface area contributed by atoms with E-state index in [0.29, 0.717) is 19.0 Å². The molecule has 114 valence electrons. The van der Waals surface area contributed by atoms with Gasteiger partial charge in [0.1, 0.15) is 4.90 Å². The first-order chi connectivity index (χ1) is 9.28. The van der Waals surface area contributed by atoms with Gasteiger partial charge in [-0.1, -0.05) is 13.8 Å². The Morgan fingerprint density at radius 2 is 1.75 bits per heavy atom. The lowest BCUT2D eigenvalue weighted by Crippen LogP contribution is -2.39. The summed E-state index contributed by atoms with van der Waals surface area (Å²) in [6.07, 6.45) is 2.71. The number of anilines is 1. The normalized spacial score (nSPS) is 12.4. The Hall–Kier alpha value is -1.21. The quantitative estimate of drug-likeness (QED) is 0.833. The van der Waals surface area contributed by atoms with Crippen molar-refractivity contribution in [2.45, 2.75) is 45.6 Å². The highest BCUT2D eigenvalue weighted by Gasteiger charge is 2.28. The molecular weight excluding hydrogens is 276 g/mol. The maximum Gasteiger partial charge on any atom is 0.246 e. The van der Waals surface area contributed by atoms with Crippen molar-refractivity contribution in [2.24, 2.45) is 5.92 Å². The molecule has 1 aromatic heterocycles. The van der Waals surface area contributed by atoms with Crippen LogP contribution in [0.15, 0.2) is 17.3 Å². The Labute approximate surface area is 121 Å². The van der Waals surface area contributed by atoms with E-state index in [9.17, 15) is 8.42 Å². The average Bonchev–Trinajstić information content (AvgIpc) is 2.36. The molecule has 0 radical (unpaired) electrons. The van der Waals surface area contributed by atoms with Gasteiger partial charge in [-0.25, -0.2) is 18.4 Å². The molecule has 0 fully saturated rings. The van der Waals surface area contributed by atoms with Crippen molar-refractivity contribution in [1.29, 1.82) is 0 Å². The maximum atomic E-state index is 12.6. The van der Waals surface area contributed by atoms with Gasteiger partial charge in [0.25, 0.3) is 0 Å². The van der Waals surface area contributed by atoms with E-state index in [4.69, 9.17) is 0 Å². The molecule has 0 saturated heterocycles. The van der Waals surface area contributed by atoms with Crippen molar-refractivity contribution in [1.82, 2.24) is 14.3 Å². The second kappa shape index (κ2) is 6.99. The summed E-state index contributed by atoms with van der Waals surface area (Å²) in [6, 6.07) is -0.101. The van der Waals surface area contributed by atoms with Crippen molar-refractivity contribution < 1.29 is 8.42 Å². The zero-order chi connectivity index (χ0) is 15.3. The Bertz CT molecular complexity index is 512. The van der Waals surface area contributed by atoms with Crippen LogP contribution >= 0.6 is 0 Å². The summed E-state index contributed by atoms with van der Waals surface area (Å²) in [5.41, 5.74) is 0. The monoisotopic (exact) mass is 300 g/mol. The fourth-order valence-electron chi connectivity index (χ4n) is 1.78. The van der Waals surface area contributed by atoms with Gasteiger partial charge in [0.05, 0.1) is 12.4 Å². The van der Waals surface area contributed by atoms with Gasteiger partial charge in [-0.05, 0) is 26.7 Å². The molecule has 0 saturated carbocycles. The van der Waals surface area contributed by atoms with Crippen molar-refractivity contribution in [3.63, 3.8) is 0 Å². The van der Waals surface area contributed by atoms with Crippen LogP contribution in [-0.2, 0) is 10.0 Å². The molecule has 0 spiro atoms. The van der Waals surface area contributed by atoms with Gasteiger partial charge in [-0.15, -0.1) is 0 Å². The standard InChI is InChI=1S/C13H24N4O2S/c1-6-14-13-15-7-12(8-16-13)20(18,19)17(11(4)5)9-10(2)3/h7-8,10-11H,6,9H2,1-5H3,(H,14,15,16). The summed E-state index contributed by atoms with van der Waals surface area (Å²) in [7, 11) is -3.55. The molecule has 0 atom stereocenters. The summed E-state index contributed by atoms with van der Waals surface area (Å²) in [4.78, 5) is 8.19. The lowest BCUT2D eigenvalue weighted by atomic mass is 10.2. The van der Waals surface area contributed by atoms with Crippen molar-refractivity contribution >= 4 is 16.0 Å². The maximum absolute atomic E-state index is 12.6. The highest BCUT2D eigenvalue weighted by atomic mass is 32.2. The van der Waals surface area contributed by atoms with Crippen molar-refractivity contribution in [3.05, 3.63) is 12.4 Å². The zero-order valence-corrected chi connectivity index (χ0v) is 13.6. The third-order valence-electron chi connectivity index (χ3n) is 2.69. The first kappa shape index (κ1) is 16.8. The van der Waals surface area contributed by atoms with E-state index < -0.39 is 10.0 Å². The molecule has 1 heterocycles. The molecule has 0 aromatic carbocycles. The van der Waals surface area contributed by atoms with Gasteiger partial charge < -0.3 is 5.32 Å². The van der Waals surface area contributed by atoms with Gasteiger partial charge >= 0.3 is 0 Å². The van der Waals surface area contributed by atoms with Crippen molar-refractivity contribution in [3.8, 4) is 0 Å². The second-order valence-electron chi connectivity index (χ2n) is 5.34. The minimum absolute atomic E-state index is 0.101. The molecule has 0 aliphatic rings. The number of sulfonamides is 1. The fraction of sp³-hybridized carbons (Fsp3) is 0.692. The Morgan fingerprint density at radius 3 is 2.15 bits per heavy atom. The van der Waals surface area contributed by atoms with E-state index in [1.807, 2.05) is 34.6 Å². The molecular formula is C13H24N4O2S. The van der Waals surface area contributed by atoms with Gasteiger partial charge in [-0.3, -0.25) is 0 Å². The highest BCUT2D eigenvalue weighted by molar-refractivity contribution is 7.89. The van der Waals surface area contributed by atoms with Crippen LogP contribution in [0.5, 0.6) is 0 Å². The largest absolute Gasteiger partial charge is 0.355 e.